The van der Waals surface area contributed by atoms with Crippen LogP contribution in [0.15, 0.2) is 16.8 Å². The van der Waals surface area contributed by atoms with E-state index in [0.29, 0.717) is 17.6 Å². The van der Waals surface area contributed by atoms with E-state index in [1.54, 1.807) is 0 Å². The second-order valence-corrected chi connectivity index (χ2v) is 6.90. The summed E-state index contributed by atoms with van der Waals surface area (Å²) in [6.07, 6.45) is 5.54. The molecule has 1 N–H and O–H groups in total. The standard InChI is InChI=1S/C15H24N2S/c1-12-9-16-15(6-3-4-7-15)11-17(12)13(2)14-5-8-18-10-14/h5,8,10,12-13,16H,3-4,6-7,9,11H2,1-2H3. The molecule has 1 aliphatic heterocycles. The Balaban J connectivity index is 1.77. The van der Waals surface area contributed by atoms with Gasteiger partial charge in [0.1, 0.15) is 0 Å². The minimum atomic E-state index is 0.427. The van der Waals surface area contributed by atoms with Gasteiger partial charge in [0.05, 0.1) is 0 Å². The van der Waals surface area contributed by atoms with Crippen molar-refractivity contribution in [1.82, 2.24) is 10.2 Å². The van der Waals surface area contributed by atoms with Gasteiger partial charge in [-0.05, 0) is 49.1 Å². The second kappa shape index (κ2) is 4.95. The summed E-state index contributed by atoms with van der Waals surface area (Å²) in [4.78, 5) is 2.71. The molecule has 1 aliphatic carbocycles. The molecule has 2 atom stereocenters. The van der Waals surface area contributed by atoms with Crippen LogP contribution in [-0.2, 0) is 0 Å². The number of hydrogen-bond acceptors (Lipinski definition) is 3. The van der Waals surface area contributed by atoms with E-state index in [2.05, 4.69) is 40.9 Å². The predicted molar refractivity (Wildman–Crippen MR) is 78.1 cm³/mol. The maximum Gasteiger partial charge on any atom is 0.0332 e. The average molecular weight is 264 g/mol. The summed E-state index contributed by atoms with van der Waals surface area (Å²) >= 11 is 1.81. The van der Waals surface area contributed by atoms with Crippen molar-refractivity contribution < 1.29 is 0 Å². The summed E-state index contributed by atoms with van der Waals surface area (Å²) in [6, 6.07) is 3.49. The number of thiophene rings is 1. The Morgan fingerprint density at radius 1 is 1.44 bits per heavy atom. The predicted octanol–water partition coefficient (Wildman–Crippen LogP) is 3.42. The van der Waals surface area contributed by atoms with Gasteiger partial charge in [-0.1, -0.05) is 12.8 Å². The molecule has 0 bridgehead atoms. The fourth-order valence-corrected chi connectivity index (χ4v) is 4.40. The summed E-state index contributed by atoms with van der Waals surface area (Å²) < 4.78 is 0. The van der Waals surface area contributed by atoms with Crippen molar-refractivity contribution in [2.75, 3.05) is 13.1 Å². The molecular formula is C15H24N2S. The first-order valence-corrected chi connectivity index (χ1v) is 8.17. The van der Waals surface area contributed by atoms with Gasteiger partial charge in [0, 0.05) is 30.7 Å². The van der Waals surface area contributed by atoms with Crippen LogP contribution in [0, 0.1) is 0 Å². The summed E-state index contributed by atoms with van der Waals surface area (Å²) in [5.41, 5.74) is 1.92. The lowest BCUT2D eigenvalue weighted by molar-refractivity contribution is 0.0565. The van der Waals surface area contributed by atoms with Crippen molar-refractivity contribution in [1.29, 1.82) is 0 Å². The lowest BCUT2D eigenvalue weighted by Gasteiger charge is -2.47. The van der Waals surface area contributed by atoms with Crippen LogP contribution in [0.4, 0.5) is 0 Å². The zero-order valence-corrected chi connectivity index (χ0v) is 12.3. The van der Waals surface area contributed by atoms with Gasteiger partial charge in [-0.2, -0.15) is 11.3 Å². The van der Waals surface area contributed by atoms with E-state index in [1.165, 1.54) is 37.8 Å². The Morgan fingerprint density at radius 2 is 2.22 bits per heavy atom. The molecule has 1 spiro atoms. The topological polar surface area (TPSA) is 15.3 Å². The second-order valence-electron chi connectivity index (χ2n) is 6.12. The number of nitrogens with one attached hydrogen (secondary N) is 1. The zero-order chi connectivity index (χ0) is 12.6. The van der Waals surface area contributed by atoms with Crippen molar-refractivity contribution in [2.45, 2.75) is 57.2 Å². The molecule has 0 radical (unpaired) electrons. The highest BCUT2D eigenvalue weighted by molar-refractivity contribution is 7.07. The molecule has 3 rings (SSSR count). The fourth-order valence-electron chi connectivity index (χ4n) is 3.65. The Kier molecular flexibility index (Phi) is 3.48. The Bertz CT molecular complexity index is 381. The van der Waals surface area contributed by atoms with E-state index in [9.17, 15) is 0 Å². The first-order valence-electron chi connectivity index (χ1n) is 7.23. The lowest BCUT2D eigenvalue weighted by atomic mass is 9.91. The van der Waals surface area contributed by atoms with E-state index in [4.69, 9.17) is 0 Å². The van der Waals surface area contributed by atoms with Crippen molar-refractivity contribution in [2.24, 2.45) is 0 Å². The molecule has 2 fully saturated rings. The molecule has 3 heteroatoms. The number of hydrogen-bond donors (Lipinski definition) is 1. The molecule has 18 heavy (non-hydrogen) atoms. The van der Waals surface area contributed by atoms with Crippen LogP contribution in [0.2, 0.25) is 0 Å². The summed E-state index contributed by atoms with van der Waals surface area (Å²) in [7, 11) is 0. The Labute approximate surface area is 114 Å². The molecule has 2 unspecified atom stereocenters. The number of rotatable bonds is 2. The highest BCUT2D eigenvalue weighted by Gasteiger charge is 2.41. The van der Waals surface area contributed by atoms with Gasteiger partial charge in [-0.25, -0.2) is 0 Å². The van der Waals surface area contributed by atoms with E-state index < -0.39 is 0 Å². The maximum absolute atomic E-state index is 3.84. The van der Waals surface area contributed by atoms with Crippen molar-refractivity contribution in [3.63, 3.8) is 0 Å². The van der Waals surface area contributed by atoms with E-state index in [-0.39, 0.29) is 0 Å². The zero-order valence-electron chi connectivity index (χ0n) is 11.5. The van der Waals surface area contributed by atoms with Crippen LogP contribution < -0.4 is 5.32 Å². The average Bonchev–Trinajstić information content (AvgIpc) is 3.04. The molecule has 1 aromatic heterocycles. The van der Waals surface area contributed by atoms with Crippen LogP contribution in [0.25, 0.3) is 0 Å². The summed E-state index contributed by atoms with van der Waals surface area (Å²) in [6.45, 7) is 7.10. The highest BCUT2D eigenvalue weighted by atomic mass is 32.1. The third-order valence-corrected chi connectivity index (χ3v) is 5.61. The molecule has 100 valence electrons. The van der Waals surface area contributed by atoms with Gasteiger partial charge in [0.15, 0.2) is 0 Å². The van der Waals surface area contributed by atoms with Gasteiger partial charge in [0.2, 0.25) is 0 Å². The van der Waals surface area contributed by atoms with Crippen LogP contribution >= 0.6 is 11.3 Å². The SMILES string of the molecule is CC1CNC2(CCCC2)CN1C(C)c1ccsc1. The quantitative estimate of drug-likeness (QED) is 0.880. The van der Waals surface area contributed by atoms with Crippen LogP contribution in [0.3, 0.4) is 0 Å². The van der Waals surface area contributed by atoms with E-state index in [0.717, 1.165) is 6.54 Å². The smallest absolute Gasteiger partial charge is 0.0332 e. The van der Waals surface area contributed by atoms with Gasteiger partial charge in [-0.3, -0.25) is 4.90 Å². The molecule has 1 saturated carbocycles. The van der Waals surface area contributed by atoms with Crippen molar-refractivity contribution in [3.05, 3.63) is 22.4 Å². The highest BCUT2D eigenvalue weighted by Crippen LogP contribution is 2.36. The molecule has 0 amide bonds. The first kappa shape index (κ1) is 12.6. The Morgan fingerprint density at radius 3 is 2.89 bits per heavy atom. The first-order chi connectivity index (χ1) is 8.70. The maximum atomic E-state index is 3.84. The Hall–Kier alpha value is -0.380. The summed E-state index contributed by atoms with van der Waals surface area (Å²) in [5.74, 6) is 0. The van der Waals surface area contributed by atoms with Gasteiger partial charge in [-0.15, -0.1) is 0 Å². The molecule has 1 aromatic rings. The fraction of sp³-hybridized carbons (Fsp3) is 0.733. The number of nitrogens with zero attached hydrogens (tertiary/aromatic N) is 1. The van der Waals surface area contributed by atoms with E-state index in [1.807, 2.05) is 11.3 Å². The molecule has 1 saturated heterocycles. The molecule has 0 aromatic carbocycles. The minimum absolute atomic E-state index is 0.427. The number of piperazine rings is 1. The molecular weight excluding hydrogens is 240 g/mol. The van der Waals surface area contributed by atoms with E-state index >= 15 is 0 Å². The van der Waals surface area contributed by atoms with Gasteiger partial charge >= 0.3 is 0 Å². The van der Waals surface area contributed by atoms with Gasteiger partial charge < -0.3 is 5.32 Å². The molecule has 2 aliphatic rings. The molecule has 2 heterocycles. The third-order valence-electron chi connectivity index (χ3n) is 4.91. The normalized spacial score (nSPS) is 29.8. The third kappa shape index (κ3) is 2.24. The largest absolute Gasteiger partial charge is 0.308 e. The van der Waals surface area contributed by atoms with Crippen LogP contribution in [0.1, 0.15) is 51.1 Å². The van der Waals surface area contributed by atoms with Crippen LogP contribution in [0.5, 0.6) is 0 Å². The van der Waals surface area contributed by atoms with Gasteiger partial charge in [0.25, 0.3) is 0 Å². The van der Waals surface area contributed by atoms with Crippen LogP contribution in [-0.4, -0.2) is 29.6 Å². The molecule has 2 nitrogen and oxygen atoms in total. The minimum Gasteiger partial charge on any atom is -0.308 e. The monoisotopic (exact) mass is 264 g/mol. The summed E-state index contributed by atoms with van der Waals surface area (Å²) in [5, 5.41) is 8.34. The van der Waals surface area contributed by atoms with Crippen molar-refractivity contribution >= 4 is 11.3 Å². The van der Waals surface area contributed by atoms with Crippen molar-refractivity contribution in [3.8, 4) is 0 Å². The lowest BCUT2D eigenvalue weighted by Crippen LogP contribution is -2.62.